The van der Waals surface area contributed by atoms with Gasteiger partial charge in [-0.3, -0.25) is 9.59 Å². The normalized spacial score (nSPS) is 17.7. The van der Waals surface area contributed by atoms with Crippen LogP contribution in [0.4, 0.5) is 0 Å². The summed E-state index contributed by atoms with van der Waals surface area (Å²) in [4.78, 5) is 27.5. The third kappa shape index (κ3) is 4.17. The van der Waals surface area contributed by atoms with E-state index in [-0.39, 0.29) is 17.9 Å². The molecule has 1 aliphatic heterocycles. The zero-order chi connectivity index (χ0) is 22.7. The average molecular weight is 431 g/mol. The van der Waals surface area contributed by atoms with E-state index >= 15 is 0 Å². The number of aryl methyl sites for hydroxylation is 1. The molecule has 1 fully saturated rings. The molecule has 0 saturated carbocycles. The SMILES string of the molecule is CCCOc1cccc(C(O)=C2C(=O)C(=O)N(Cc3ccccc3)C2c2ccc(C)o2)c1. The quantitative estimate of drug-likeness (QED) is 0.324. The Labute approximate surface area is 186 Å². The molecule has 1 aliphatic rings. The van der Waals surface area contributed by atoms with Crippen LogP contribution in [0.15, 0.2) is 76.7 Å². The molecule has 6 nitrogen and oxygen atoms in total. The van der Waals surface area contributed by atoms with Gasteiger partial charge < -0.3 is 19.2 Å². The lowest BCUT2D eigenvalue weighted by Gasteiger charge is -2.23. The topological polar surface area (TPSA) is 80.0 Å². The van der Waals surface area contributed by atoms with E-state index in [1.807, 2.05) is 37.3 Å². The summed E-state index contributed by atoms with van der Waals surface area (Å²) in [6.45, 7) is 4.55. The van der Waals surface area contributed by atoms with Gasteiger partial charge in [-0.1, -0.05) is 49.4 Å². The van der Waals surface area contributed by atoms with Gasteiger partial charge in [0.05, 0.1) is 12.2 Å². The fourth-order valence-corrected chi connectivity index (χ4v) is 3.83. The molecule has 1 unspecified atom stereocenters. The highest BCUT2D eigenvalue weighted by molar-refractivity contribution is 6.46. The number of furan rings is 1. The van der Waals surface area contributed by atoms with Crippen molar-refractivity contribution in [2.24, 2.45) is 0 Å². The minimum absolute atomic E-state index is 0.00734. The molecule has 6 heteroatoms. The summed E-state index contributed by atoms with van der Waals surface area (Å²) in [5.41, 5.74) is 1.29. The van der Waals surface area contributed by atoms with Crippen molar-refractivity contribution in [3.63, 3.8) is 0 Å². The van der Waals surface area contributed by atoms with Crippen LogP contribution in [0.5, 0.6) is 5.75 Å². The predicted molar refractivity (Wildman–Crippen MR) is 120 cm³/mol. The van der Waals surface area contributed by atoms with Crippen molar-refractivity contribution in [3.8, 4) is 5.75 Å². The number of ether oxygens (including phenoxy) is 1. The van der Waals surface area contributed by atoms with Gasteiger partial charge in [0.2, 0.25) is 0 Å². The van der Waals surface area contributed by atoms with Crippen molar-refractivity contribution in [2.45, 2.75) is 32.9 Å². The predicted octanol–water partition coefficient (Wildman–Crippen LogP) is 5.00. The maximum Gasteiger partial charge on any atom is 0.296 e. The summed E-state index contributed by atoms with van der Waals surface area (Å²) in [6.07, 6.45) is 0.846. The summed E-state index contributed by atoms with van der Waals surface area (Å²) in [6, 6.07) is 19.0. The fraction of sp³-hybridized carbons (Fsp3) is 0.231. The first-order valence-corrected chi connectivity index (χ1v) is 10.6. The molecular weight excluding hydrogens is 406 g/mol. The molecule has 3 aromatic rings. The second-order valence-corrected chi connectivity index (χ2v) is 7.74. The van der Waals surface area contributed by atoms with Crippen molar-refractivity contribution in [2.75, 3.05) is 6.61 Å². The summed E-state index contributed by atoms with van der Waals surface area (Å²) in [5, 5.41) is 11.2. The molecule has 32 heavy (non-hydrogen) atoms. The van der Waals surface area contributed by atoms with Gasteiger partial charge in [-0.2, -0.15) is 0 Å². The highest BCUT2D eigenvalue weighted by Crippen LogP contribution is 2.41. The highest BCUT2D eigenvalue weighted by atomic mass is 16.5. The molecule has 164 valence electrons. The molecule has 0 aliphatic carbocycles. The zero-order valence-electron chi connectivity index (χ0n) is 18.1. The fourth-order valence-electron chi connectivity index (χ4n) is 3.83. The molecule has 4 rings (SSSR count). The number of hydrogen-bond acceptors (Lipinski definition) is 5. The number of ketones is 1. The van der Waals surface area contributed by atoms with Gasteiger partial charge >= 0.3 is 0 Å². The molecule has 0 bridgehead atoms. The molecule has 2 aromatic carbocycles. The number of rotatable bonds is 7. The molecule has 2 heterocycles. The number of hydrogen-bond donors (Lipinski definition) is 1. The van der Waals surface area contributed by atoms with Gasteiger partial charge in [0.25, 0.3) is 11.7 Å². The Hall–Kier alpha value is -3.80. The molecule has 1 amide bonds. The highest BCUT2D eigenvalue weighted by Gasteiger charge is 2.47. The monoisotopic (exact) mass is 431 g/mol. The Morgan fingerprint density at radius 1 is 1.06 bits per heavy atom. The van der Waals surface area contributed by atoms with E-state index in [0.29, 0.717) is 29.4 Å². The number of amides is 1. The average Bonchev–Trinajstić information content (AvgIpc) is 3.34. The number of nitrogens with zero attached hydrogens (tertiary/aromatic N) is 1. The Morgan fingerprint density at radius 2 is 1.84 bits per heavy atom. The van der Waals surface area contributed by atoms with Crippen LogP contribution >= 0.6 is 0 Å². The number of likely N-dealkylation sites (tertiary alicyclic amines) is 1. The molecule has 0 radical (unpaired) electrons. The van der Waals surface area contributed by atoms with Gasteiger partial charge in [-0.15, -0.1) is 0 Å². The lowest BCUT2D eigenvalue weighted by Crippen LogP contribution is -2.29. The Kier molecular flexibility index (Phi) is 6.12. The summed E-state index contributed by atoms with van der Waals surface area (Å²) in [5.74, 6) is 0.00255. The first-order valence-electron chi connectivity index (χ1n) is 10.6. The molecule has 1 N–H and O–H groups in total. The van der Waals surface area contributed by atoms with Crippen molar-refractivity contribution in [1.29, 1.82) is 0 Å². The van der Waals surface area contributed by atoms with Gasteiger partial charge in [0.1, 0.15) is 29.1 Å². The smallest absolute Gasteiger partial charge is 0.296 e. The first kappa shape index (κ1) is 21.4. The van der Waals surface area contributed by atoms with Crippen LogP contribution in [0.2, 0.25) is 0 Å². The summed E-state index contributed by atoms with van der Waals surface area (Å²) in [7, 11) is 0. The van der Waals surface area contributed by atoms with Crippen LogP contribution < -0.4 is 4.74 Å². The summed E-state index contributed by atoms with van der Waals surface area (Å²) >= 11 is 0. The minimum atomic E-state index is -0.830. The third-order valence-corrected chi connectivity index (χ3v) is 5.35. The number of aliphatic hydroxyl groups is 1. The van der Waals surface area contributed by atoms with Crippen LogP contribution in [-0.2, 0) is 16.1 Å². The number of carbonyl (C=O) groups excluding carboxylic acids is 2. The van der Waals surface area contributed by atoms with Gasteiger partial charge in [-0.25, -0.2) is 0 Å². The van der Waals surface area contributed by atoms with Crippen molar-refractivity contribution < 1.29 is 23.8 Å². The van der Waals surface area contributed by atoms with Crippen LogP contribution in [0.25, 0.3) is 5.76 Å². The van der Waals surface area contributed by atoms with Crippen LogP contribution in [0, 0.1) is 6.92 Å². The van der Waals surface area contributed by atoms with Gasteiger partial charge in [0, 0.05) is 12.1 Å². The van der Waals surface area contributed by atoms with E-state index in [4.69, 9.17) is 9.15 Å². The van der Waals surface area contributed by atoms with Crippen molar-refractivity contribution in [1.82, 2.24) is 4.90 Å². The third-order valence-electron chi connectivity index (χ3n) is 5.35. The summed E-state index contributed by atoms with van der Waals surface area (Å²) < 4.78 is 11.5. The van der Waals surface area contributed by atoms with E-state index in [1.165, 1.54) is 4.90 Å². The van der Waals surface area contributed by atoms with E-state index in [1.54, 1.807) is 43.3 Å². The second-order valence-electron chi connectivity index (χ2n) is 7.74. The standard InChI is InChI=1S/C26H25NO5/c1-3-14-31-20-11-7-10-19(15-20)24(28)22-23(21-13-12-17(2)32-21)27(26(30)25(22)29)16-18-8-5-4-6-9-18/h4-13,15,23,28H,3,14,16H2,1-2H3. The number of Topliss-reactive ketones (excluding diaryl/α,β-unsaturated/α-hetero) is 1. The van der Waals surface area contributed by atoms with Crippen LogP contribution in [0.1, 0.15) is 42.0 Å². The second kappa shape index (κ2) is 9.14. The van der Waals surface area contributed by atoms with E-state index in [2.05, 4.69) is 0 Å². The van der Waals surface area contributed by atoms with E-state index in [9.17, 15) is 14.7 Å². The minimum Gasteiger partial charge on any atom is -0.507 e. The number of benzene rings is 2. The Bertz CT molecular complexity index is 1160. The first-order chi connectivity index (χ1) is 15.5. The molecular formula is C26H25NO5. The van der Waals surface area contributed by atoms with Crippen molar-refractivity contribution >= 4 is 17.4 Å². The largest absolute Gasteiger partial charge is 0.507 e. The van der Waals surface area contributed by atoms with E-state index in [0.717, 1.165) is 12.0 Å². The maximum absolute atomic E-state index is 13.1. The lowest BCUT2D eigenvalue weighted by atomic mass is 9.99. The molecule has 1 saturated heterocycles. The van der Waals surface area contributed by atoms with Crippen LogP contribution in [0.3, 0.4) is 0 Å². The Morgan fingerprint density at radius 3 is 2.53 bits per heavy atom. The lowest BCUT2D eigenvalue weighted by molar-refractivity contribution is -0.140. The van der Waals surface area contributed by atoms with Crippen molar-refractivity contribution in [3.05, 3.63) is 95.0 Å². The van der Waals surface area contributed by atoms with Gasteiger partial charge in [0.15, 0.2) is 0 Å². The molecule has 0 spiro atoms. The van der Waals surface area contributed by atoms with Crippen LogP contribution in [-0.4, -0.2) is 28.3 Å². The molecule has 1 atom stereocenters. The number of aliphatic hydroxyl groups excluding tert-OH is 1. The number of carbonyl (C=O) groups is 2. The Balaban J connectivity index is 1.80. The van der Waals surface area contributed by atoms with Gasteiger partial charge in [-0.05, 0) is 43.2 Å². The maximum atomic E-state index is 13.1. The molecule has 1 aromatic heterocycles. The zero-order valence-corrected chi connectivity index (χ0v) is 18.1. The van der Waals surface area contributed by atoms with E-state index < -0.39 is 17.7 Å².